The van der Waals surface area contributed by atoms with Crippen molar-refractivity contribution in [2.75, 3.05) is 13.1 Å². The fourth-order valence-corrected chi connectivity index (χ4v) is 2.83. The summed E-state index contributed by atoms with van der Waals surface area (Å²) in [4.78, 5) is 26.6. The molecule has 0 bridgehead atoms. The maximum Gasteiger partial charge on any atom is 0.225 e. The minimum atomic E-state index is -0.433. The van der Waals surface area contributed by atoms with Gasteiger partial charge in [0.2, 0.25) is 5.91 Å². The molecule has 124 valence electrons. The molecule has 1 aromatic carbocycles. The molecular formula is C17H23N3O3. The summed E-state index contributed by atoms with van der Waals surface area (Å²) in [5, 5.41) is 17.0. The van der Waals surface area contributed by atoms with Crippen molar-refractivity contribution in [2.45, 2.75) is 32.3 Å². The Kier molecular flexibility index (Phi) is 5.50. The van der Waals surface area contributed by atoms with E-state index in [0.29, 0.717) is 37.1 Å². The van der Waals surface area contributed by atoms with Crippen LogP contribution in [0.3, 0.4) is 0 Å². The number of Topliss-reactive ketones (excluding diaryl/α,β-unsaturated/α-hetero) is 1. The second kappa shape index (κ2) is 7.37. The quantitative estimate of drug-likeness (QED) is 0.430. The fraction of sp³-hybridized carbons (Fsp3) is 0.471. The molecule has 1 aromatic rings. The molecule has 6 nitrogen and oxygen atoms in total. The Balaban J connectivity index is 2.02. The highest BCUT2D eigenvalue weighted by molar-refractivity contribution is 6.09. The Morgan fingerprint density at radius 1 is 1.30 bits per heavy atom. The lowest BCUT2D eigenvalue weighted by Gasteiger charge is -2.31. The Morgan fingerprint density at radius 3 is 2.43 bits per heavy atom. The van der Waals surface area contributed by atoms with E-state index in [2.05, 4.69) is 0 Å². The highest BCUT2D eigenvalue weighted by atomic mass is 16.3. The summed E-state index contributed by atoms with van der Waals surface area (Å²) in [5.41, 5.74) is 6.29. The molecule has 1 fully saturated rings. The topological polar surface area (TPSA) is 107 Å². The van der Waals surface area contributed by atoms with Crippen LogP contribution in [-0.4, -0.2) is 46.7 Å². The van der Waals surface area contributed by atoms with E-state index in [4.69, 9.17) is 11.1 Å². The van der Waals surface area contributed by atoms with Gasteiger partial charge in [0, 0.05) is 36.6 Å². The van der Waals surface area contributed by atoms with Gasteiger partial charge in [0.25, 0.3) is 0 Å². The number of ketones is 1. The van der Waals surface area contributed by atoms with Gasteiger partial charge in [-0.1, -0.05) is 31.2 Å². The molecule has 1 aliphatic heterocycles. The first-order valence-corrected chi connectivity index (χ1v) is 7.83. The number of piperidine rings is 1. The summed E-state index contributed by atoms with van der Waals surface area (Å²) >= 11 is 0. The Hall–Kier alpha value is -2.21. The van der Waals surface area contributed by atoms with Crippen molar-refractivity contribution in [1.29, 1.82) is 5.41 Å². The summed E-state index contributed by atoms with van der Waals surface area (Å²) in [6.45, 7) is 2.80. The van der Waals surface area contributed by atoms with Crippen LogP contribution in [0.5, 0.6) is 0 Å². The molecule has 23 heavy (non-hydrogen) atoms. The molecule has 0 aromatic heterocycles. The van der Waals surface area contributed by atoms with Crippen molar-refractivity contribution in [3.63, 3.8) is 0 Å². The van der Waals surface area contributed by atoms with Crippen LogP contribution in [0.2, 0.25) is 0 Å². The van der Waals surface area contributed by atoms with E-state index in [9.17, 15) is 14.7 Å². The summed E-state index contributed by atoms with van der Waals surface area (Å²) in [6.07, 6.45) is 0.917. The molecule has 1 atom stereocenters. The van der Waals surface area contributed by atoms with Crippen LogP contribution in [0.15, 0.2) is 24.3 Å². The maximum atomic E-state index is 12.5. The molecular weight excluding hydrogens is 294 g/mol. The second-order valence-corrected chi connectivity index (χ2v) is 6.04. The highest BCUT2D eigenvalue weighted by Crippen LogP contribution is 2.18. The van der Waals surface area contributed by atoms with Gasteiger partial charge in [-0.2, -0.15) is 0 Å². The fourth-order valence-electron chi connectivity index (χ4n) is 2.83. The second-order valence-electron chi connectivity index (χ2n) is 6.04. The Morgan fingerprint density at radius 2 is 1.87 bits per heavy atom. The number of hydrogen-bond donors (Lipinski definition) is 3. The van der Waals surface area contributed by atoms with Gasteiger partial charge < -0.3 is 15.7 Å². The van der Waals surface area contributed by atoms with Crippen LogP contribution in [0.25, 0.3) is 0 Å². The number of aliphatic hydroxyl groups is 1. The third-order valence-electron chi connectivity index (χ3n) is 4.21. The SMILES string of the molecule is CC(CC(=O)c1ccccc1C(=N)N)C(=O)N1CCC(O)CC1. The number of nitrogens with zero attached hydrogens (tertiary/aromatic N) is 1. The highest BCUT2D eigenvalue weighted by Gasteiger charge is 2.27. The molecule has 0 saturated carbocycles. The summed E-state index contributed by atoms with van der Waals surface area (Å²) in [6, 6.07) is 6.71. The summed E-state index contributed by atoms with van der Waals surface area (Å²) < 4.78 is 0. The monoisotopic (exact) mass is 317 g/mol. The molecule has 6 heteroatoms. The third kappa shape index (κ3) is 4.16. The number of aliphatic hydroxyl groups excluding tert-OH is 1. The van der Waals surface area contributed by atoms with Crippen LogP contribution in [0, 0.1) is 11.3 Å². The normalized spacial score (nSPS) is 16.9. The predicted octanol–water partition coefficient (Wildman–Crippen LogP) is 1.16. The van der Waals surface area contributed by atoms with Crippen LogP contribution in [0.4, 0.5) is 0 Å². The average molecular weight is 317 g/mol. The number of nitrogens with one attached hydrogen (secondary N) is 1. The molecule has 1 heterocycles. The summed E-state index contributed by atoms with van der Waals surface area (Å²) in [7, 11) is 0. The number of rotatable bonds is 5. The van der Waals surface area contributed by atoms with Crippen LogP contribution in [-0.2, 0) is 4.79 Å². The Labute approximate surface area is 135 Å². The van der Waals surface area contributed by atoms with Gasteiger partial charge in [0.05, 0.1) is 6.10 Å². The lowest BCUT2D eigenvalue weighted by molar-refractivity contribution is -0.136. The van der Waals surface area contributed by atoms with Gasteiger partial charge in [-0.15, -0.1) is 0 Å². The summed E-state index contributed by atoms with van der Waals surface area (Å²) in [5.74, 6) is -0.838. The van der Waals surface area contributed by atoms with Gasteiger partial charge in [-0.3, -0.25) is 15.0 Å². The van der Waals surface area contributed by atoms with Gasteiger partial charge in [-0.05, 0) is 12.8 Å². The minimum Gasteiger partial charge on any atom is -0.393 e. The van der Waals surface area contributed by atoms with E-state index in [1.807, 2.05) is 0 Å². The number of amides is 1. The van der Waals surface area contributed by atoms with Crippen molar-refractivity contribution in [2.24, 2.45) is 11.7 Å². The van der Waals surface area contributed by atoms with Crippen LogP contribution in [0.1, 0.15) is 42.1 Å². The van der Waals surface area contributed by atoms with E-state index in [1.54, 1.807) is 36.1 Å². The third-order valence-corrected chi connectivity index (χ3v) is 4.21. The lowest BCUT2D eigenvalue weighted by Crippen LogP contribution is -2.42. The minimum absolute atomic E-state index is 0.0643. The first kappa shape index (κ1) is 17.1. The molecule has 2 rings (SSSR count). The number of likely N-dealkylation sites (tertiary alicyclic amines) is 1. The van der Waals surface area contributed by atoms with Crippen LogP contribution < -0.4 is 5.73 Å². The van der Waals surface area contributed by atoms with Crippen molar-refractivity contribution in [1.82, 2.24) is 4.90 Å². The first-order chi connectivity index (χ1) is 10.9. The van der Waals surface area contributed by atoms with E-state index < -0.39 is 5.92 Å². The molecule has 1 saturated heterocycles. The van der Waals surface area contributed by atoms with Gasteiger partial charge in [0.1, 0.15) is 5.84 Å². The number of amidine groups is 1. The number of carbonyl (C=O) groups is 2. The number of benzene rings is 1. The Bertz CT molecular complexity index is 607. The molecule has 4 N–H and O–H groups in total. The standard InChI is InChI=1S/C17H23N3O3/c1-11(17(23)20-8-6-12(21)7-9-20)10-15(22)13-4-2-3-5-14(13)16(18)19/h2-5,11-12,21H,6-10H2,1H3,(H3,18,19). The van der Waals surface area contributed by atoms with Crippen molar-refractivity contribution >= 4 is 17.5 Å². The average Bonchev–Trinajstić information content (AvgIpc) is 2.54. The molecule has 0 spiro atoms. The maximum absolute atomic E-state index is 12.5. The first-order valence-electron chi connectivity index (χ1n) is 7.83. The van der Waals surface area contributed by atoms with Crippen LogP contribution >= 0.6 is 0 Å². The van der Waals surface area contributed by atoms with Gasteiger partial charge >= 0.3 is 0 Å². The van der Waals surface area contributed by atoms with Crippen molar-refractivity contribution in [3.8, 4) is 0 Å². The van der Waals surface area contributed by atoms with E-state index in [1.165, 1.54) is 0 Å². The van der Waals surface area contributed by atoms with Crippen molar-refractivity contribution in [3.05, 3.63) is 35.4 Å². The zero-order valence-electron chi connectivity index (χ0n) is 13.3. The van der Waals surface area contributed by atoms with E-state index in [-0.39, 0.29) is 30.1 Å². The number of nitrogens with two attached hydrogens (primary N) is 1. The van der Waals surface area contributed by atoms with E-state index >= 15 is 0 Å². The predicted molar refractivity (Wildman–Crippen MR) is 87.4 cm³/mol. The molecule has 0 aliphatic carbocycles. The van der Waals surface area contributed by atoms with E-state index in [0.717, 1.165) is 0 Å². The molecule has 0 radical (unpaired) electrons. The van der Waals surface area contributed by atoms with Crippen molar-refractivity contribution < 1.29 is 14.7 Å². The number of carbonyl (C=O) groups excluding carboxylic acids is 2. The van der Waals surface area contributed by atoms with Gasteiger partial charge in [-0.25, -0.2) is 0 Å². The zero-order chi connectivity index (χ0) is 17.0. The molecule has 1 aliphatic rings. The molecule has 1 unspecified atom stereocenters. The number of hydrogen-bond acceptors (Lipinski definition) is 4. The largest absolute Gasteiger partial charge is 0.393 e. The number of nitrogen functional groups attached to an aromatic ring is 1. The smallest absolute Gasteiger partial charge is 0.225 e. The van der Waals surface area contributed by atoms with Gasteiger partial charge in [0.15, 0.2) is 5.78 Å². The lowest BCUT2D eigenvalue weighted by atomic mass is 9.94. The zero-order valence-corrected chi connectivity index (χ0v) is 13.3. The molecule has 1 amide bonds.